The topological polar surface area (TPSA) is 23.5 Å². The van der Waals surface area contributed by atoms with Crippen molar-refractivity contribution in [2.75, 3.05) is 6.54 Å². The summed E-state index contributed by atoms with van der Waals surface area (Å²) in [6, 6.07) is 0.265. The standard InChI is InChI=1S/C10H20F3NO.Ni/c1-7(2)14(8(3)4)6-9(15)5-10(11,12)13;/h7-9,15H,5-6H2,1-4H3;. The summed E-state index contributed by atoms with van der Waals surface area (Å²) in [5.74, 6) is 0. The summed E-state index contributed by atoms with van der Waals surface area (Å²) in [7, 11) is 0. The minimum Gasteiger partial charge on any atom is -0.391 e. The number of hydrogen-bond donors (Lipinski definition) is 1. The van der Waals surface area contributed by atoms with Crippen LogP contribution in [0.3, 0.4) is 0 Å². The molecule has 0 rings (SSSR count). The zero-order valence-electron chi connectivity index (χ0n) is 9.99. The molecular weight excluding hydrogens is 266 g/mol. The molecule has 0 amide bonds. The van der Waals surface area contributed by atoms with E-state index in [2.05, 4.69) is 0 Å². The molecule has 0 radical (unpaired) electrons. The molecule has 0 aliphatic rings. The van der Waals surface area contributed by atoms with Crippen molar-refractivity contribution in [1.82, 2.24) is 4.90 Å². The van der Waals surface area contributed by atoms with Crippen LogP contribution < -0.4 is 0 Å². The van der Waals surface area contributed by atoms with Gasteiger partial charge in [0.15, 0.2) is 0 Å². The van der Waals surface area contributed by atoms with Crippen molar-refractivity contribution in [3.05, 3.63) is 0 Å². The first-order valence-electron chi connectivity index (χ1n) is 5.14. The Kier molecular flexibility index (Phi) is 8.72. The molecule has 0 aliphatic carbocycles. The van der Waals surface area contributed by atoms with E-state index in [1.165, 1.54) is 0 Å². The molecule has 1 unspecified atom stereocenters. The maximum Gasteiger partial charge on any atom is 0.391 e. The van der Waals surface area contributed by atoms with Crippen LogP contribution in [0.2, 0.25) is 0 Å². The number of rotatable bonds is 5. The summed E-state index contributed by atoms with van der Waals surface area (Å²) in [6.07, 6.45) is -6.77. The molecule has 0 heterocycles. The van der Waals surface area contributed by atoms with E-state index < -0.39 is 18.7 Å². The van der Waals surface area contributed by atoms with Crippen LogP contribution in [-0.4, -0.2) is 40.9 Å². The van der Waals surface area contributed by atoms with Crippen molar-refractivity contribution in [3.8, 4) is 0 Å². The van der Waals surface area contributed by atoms with Crippen molar-refractivity contribution in [3.63, 3.8) is 0 Å². The van der Waals surface area contributed by atoms with Gasteiger partial charge in [-0.05, 0) is 27.7 Å². The van der Waals surface area contributed by atoms with Crippen LogP contribution in [0, 0.1) is 0 Å². The number of alkyl halides is 3. The van der Waals surface area contributed by atoms with Gasteiger partial charge in [0.25, 0.3) is 0 Å². The molecule has 0 saturated carbocycles. The molecule has 2 nitrogen and oxygen atoms in total. The SMILES string of the molecule is CC(C)N(CC(O)CC(F)(F)F)C(C)C.[Ni]. The summed E-state index contributed by atoms with van der Waals surface area (Å²) in [6.45, 7) is 7.68. The molecular formula is C10H20F3NNiO. The molecule has 0 spiro atoms. The van der Waals surface area contributed by atoms with E-state index in [0.717, 1.165) is 0 Å². The van der Waals surface area contributed by atoms with E-state index >= 15 is 0 Å². The second-order valence-electron chi connectivity index (χ2n) is 4.36. The van der Waals surface area contributed by atoms with Crippen molar-refractivity contribution in [2.24, 2.45) is 0 Å². The van der Waals surface area contributed by atoms with Crippen LogP contribution in [0.15, 0.2) is 0 Å². The van der Waals surface area contributed by atoms with E-state index in [4.69, 9.17) is 0 Å². The van der Waals surface area contributed by atoms with Gasteiger partial charge in [-0.25, -0.2) is 0 Å². The number of aliphatic hydroxyl groups excluding tert-OH is 1. The average Bonchev–Trinajstić information content (AvgIpc) is 1.95. The molecule has 0 aliphatic heterocycles. The van der Waals surface area contributed by atoms with Crippen LogP contribution in [0.5, 0.6) is 0 Å². The Labute approximate surface area is 105 Å². The Hall–Kier alpha value is 0.204. The predicted molar refractivity (Wildman–Crippen MR) is 53.7 cm³/mol. The molecule has 6 heteroatoms. The van der Waals surface area contributed by atoms with E-state index in [0.29, 0.717) is 0 Å². The summed E-state index contributed by atoms with van der Waals surface area (Å²) >= 11 is 0. The molecule has 0 saturated heterocycles. The molecule has 0 aromatic carbocycles. The second kappa shape index (κ2) is 7.51. The normalized spacial score (nSPS) is 14.4. The largest absolute Gasteiger partial charge is 0.391 e. The van der Waals surface area contributed by atoms with E-state index in [-0.39, 0.29) is 35.1 Å². The number of aliphatic hydroxyl groups is 1. The molecule has 0 aromatic rings. The summed E-state index contributed by atoms with van der Waals surface area (Å²) in [4.78, 5) is 1.84. The van der Waals surface area contributed by atoms with Crippen molar-refractivity contribution >= 4 is 0 Å². The molecule has 1 N–H and O–H groups in total. The summed E-state index contributed by atoms with van der Waals surface area (Å²) in [5, 5.41) is 9.29. The second-order valence-corrected chi connectivity index (χ2v) is 4.36. The molecule has 0 aromatic heterocycles. The maximum absolute atomic E-state index is 12.0. The molecule has 16 heavy (non-hydrogen) atoms. The number of hydrogen-bond acceptors (Lipinski definition) is 2. The fraction of sp³-hybridized carbons (Fsp3) is 1.00. The van der Waals surface area contributed by atoms with Gasteiger partial charge >= 0.3 is 6.18 Å². The van der Waals surface area contributed by atoms with Gasteiger partial charge in [-0.2, -0.15) is 13.2 Å². The van der Waals surface area contributed by atoms with Gasteiger partial charge in [-0.3, -0.25) is 4.90 Å². The zero-order chi connectivity index (χ0) is 12.2. The fourth-order valence-corrected chi connectivity index (χ4v) is 1.59. The van der Waals surface area contributed by atoms with Crippen LogP contribution in [0.4, 0.5) is 13.2 Å². The fourth-order valence-electron chi connectivity index (χ4n) is 1.59. The van der Waals surface area contributed by atoms with Crippen LogP contribution in [-0.2, 0) is 16.5 Å². The minimum absolute atomic E-state index is 0. The maximum atomic E-state index is 12.0. The van der Waals surface area contributed by atoms with Gasteiger partial charge in [-0.1, -0.05) is 0 Å². The van der Waals surface area contributed by atoms with Crippen molar-refractivity contribution < 1.29 is 34.8 Å². The van der Waals surface area contributed by atoms with Crippen molar-refractivity contribution in [2.45, 2.75) is 58.5 Å². The van der Waals surface area contributed by atoms with Gasteiger partial charge in [0.2, 0.25) is 0 Å². The zero-order valence-corrected chi connectivity index (χ0v) is 11.0. The first-order valence-corrected chi connectivity index (χ1v) is 5.14. The van der Waals surface area contributed by atoms with Gasteiger partial charge in [-0.15, -0.1) is 0 Å². The molecule has 0 bridgehead atoms. The van der Waals surface area contributed by atoms with E-state index in [1.54, 1.807) is 0 Å². The first-order chi connectivity index (χ1) is 6.63. The number of nitrogens with zero attached hydrogens (tertiary/aromatic N) is 1. The average molecular weight is 286 g/mol. The Morgan fingerprint density at radius 3 is 1.69 bits per heavy atom. The third-order valence-electron chi connectivity index (χ3n) is 2.22. The van der Waals surface area contributed by atoms with Gasteiger partial charge in [0.1, 0.15) is 0 Å². The third kappa shape index (κ3) is 8.37. The van der Waals surface area contributed by atoms with E-state index in [9.17, 15) is 18.3 Å². The third-order valence-corrected chi connectivity index (χ3v) is 2.22. The molecule has 1 atom stereocenters. The first kappa shape index (κ1) is 18.6. The quantitative estimate of drug-likeness (QED) is 0.784. The van der Waals surface area contributed by atoms with Crippen LogP contribution in [0.25, 0.3) is 0 Å². The van der Waals surface area contributed by atoms with Gasteiger partial charge < -0.3 is 5.11 Å². The number of halogens is 3. The molecule has 102 valence electrons. The summed E-state index contributed by atoms with van der Waals surface area (Å²) < 4.78 is 35.9. The van der Waals surface area contributed by atoms with Crippen LogP contribution >= 0.6 is 0 Å². The Bertz CT molecular complexity index is 177. The van der Waals surface area contributed by atoms with E-state index in [1.807, 2.05) is 32.6 Å². The van der Waals surface area contributed by atoms with Crippen molar-refractivity contribution in [1.29, 1.82) is 0 Å². The Morgan fingerprint density at radius 1 is 1.06 bits per heavy atom. The van der Waals surface area contributed by atoms with Crippen LogP contribution in [0.1, 0.15) is 34.1 Å². The predicted octanol–water partition coefficient (Wildman–Crippen LogP) is 2.42. The Morgan fingerprint density at radius 2 is 1.44 bits per heavy atom. The van der Waals surface area contributed by atoms with Gasteiger partial charge in [0, 0.05) is 35.1 Å². The minimum atomic E-state index is -4.29. The Balaban J connectivity index is 0. The smallest absolute Gasteiger partial charge is 0.391 e. The summed E-state index contributed by atoms with van der Waals surface area (Å²) in [5.41, 5.74) is 0. The van der Waals surface area contributed by atoms with Gasteiger partial charge in [0.05, 0.1) is 12.5 Å². The monoisotopic (exact) mass is 285 g/mol. The molecule has 0 fully saturated rings.